The largest absolute Gasteiger partial charge is 0.494 e. The first kappa shape index (κ1) is 19.1. The summed E-state index contributed by atoms with van der Waals surface area (Å²) in [6, 6.07) is 7.34. The Morgan fingerprint density at radius 2 is 1.89 bits per heavy atom. The van der Waals surface area contributed by atoms with Crippen molar-refractivity contribution < 1.29 is 14.6 Å². The molecule has 1 aromatic rings. The summed E-state index contributed by atoms with van der Waals surface area (Å²) in [5.74, 6) is 2.27. The number of ether oxygens (including phenoxy) is 1. The zero-order chi connectivity index (χ0) is 19.1. The summed E-state index contributed by atoms with van der Waals surface area (Å²) >= 11 is 5.87. The van der Waals surface area contributed by atoms with Crippen LogP contribution in [0.2, 0.25) is 5.02 Å². The van der Waals surface area contributed by atoms with E-state index in [-0.39, 0.29) is 11.3 Å². The summed E-state index contributed by atoms with van der Waals surface area (Å²) < 4.78 is 5.71. The third-order valence-electron chi connectivity index (χ3n) is 6.82. The van der Waals surface area contributed by atoms with Crippen LogP contribution in [0.1, 0.15) is 51.4 Å². The number of nitrogens with zero attached hydrogens (tertiary/aromatic N) is 1. The second-order valence-corrected chi connectivity index (χ2v) is 9.77. The molecule has 2 unspecified atom stereocenters. The van der Waals surface area contributed by atoms with Crippen molar-refractivity contribution >= 4 is 17.5 Å². The molecule has 5 rings (SSSR count). The maximum atomic E-state index is 12.8. The fraction of sp³-hybridized carbons (Fsp3) is 0.682. The number of hydrogen-bond donors (Lipinski definition) is 1. The summed E-state index contributed by atoms with van der Waals surface area (Å²) in [4.78, 5) is 14.7. The highest BCUT2D eigenvalue weighted by atomic mass is 35.5. The molecule has 4 nitrogen and oxygen atoms in total. The third kappa shape index (κ3) is 4.27. The lowest BCUT2D eigenvalue weighted by Crippen LogP contribution is -2.56. The van der Waals surface area contributed by atoms with E-state index < -0.39 is 5.60 Å². The Hall–Kier alpha value is -1.26. The van der Waals surface area contributed by atoms with Crippen LogP contribution in [0, 0.1) is 17.3 Å². The van der Waals surface area contributed by atoms with Crippen molar-refractivity contribution in [2.45, 2.75) is 57.0 Å². The molecule has 1 N–H and O–H groups in total. The highest BCUT2D eigenvalue weighted by molar-refractivity contribution is 6.30. The normalized spacial score (nSPS) is 33.9. The molecule has 1 aromatic carbocycles. The molecule has 0 radical (unpaired) electrons. The molecule has 0 heterocycles. The molecular formula is C22H30ClNO3. The summed E-state index contributed by atoms with van der Waals surface area (Å²) in [5.41, 5.74) is -0.445. The SMILES string of the molecule is CN(CCCOc1ccc(Cl)cc1)C(=O)CC12CC3CC(CC(O)(C3)C1)C2. The first-order chi connectivity index (χ1) is 12.8. The van der Waals surface area contributed by atoms with Gasteiger partial charge in [0.15, 0.2) is 0 Å². The minimum absolute atomic E-state index is 0.0456. The molecule has 4 saturated carbocycles. The molecule has 1 amide bonds. The van der Waals surface area contributed by atoms with Crippen LogP contribution in [0.3, 0.4) is 0 Å². The van der Waals surface area contributed by atoms with Crippen LogP contribution in [0.5, 0.6) is 5.75 Å². The number of hydrogen-bond acceptors (Lipinski definition) is 3. The molecule has 4 aliphatic carbocycles. The van der Waals surface area contributed by atoms with Crippen LogP contribution in [-0.2, 0) is 4.79 Å². The van der Waals surface area contributed by atoms with Crippen molar-refractivity contribution in [3.05, 3.63) is 29.3 Å². The van der Waals surface area contributed by atoms with Gasteiger partial charge < -0.3 is 14.7 Å². The maximum Gasteiger partial charge on any atom is 0.222 e. The van der Waals surface area contributed by atoms with Crippen molar-refractivity contribution in [2.75, 3.05) is 20.2 Å². The lowest BCUT2D eigenvalue weighted by atomic mass is 9.47. The number of benzene rings is 1. The number of carbonyl (C=O) groups is 1. The fourth-order valence-electron chi connectivity index (χ4n) is 6.21. The van der Waals surface area contributed by atoms with Gasteiger partial charge in [-0.15, -0.1) is 0 Å². The lowest BCUT2D eigenvalue weighted by Gasteiger charge is -2.60. The number of amides is 1. The summed E-state index contributed by atoms with van der Waals surface area (Å²) in [5, 5.41) is 11.6. The first-order valence-corrected chi connectivity index (χ1v) is 10.6. The average molecular weight is 392 g/mol. The topological polar surface area (TPSA) is 49.8 Å². The van der Waals surface area contributed by atoms with Gasteiger partial charge in [-0.05, 0) is 86.5 Å². The number of carbonyl (C=O) groups excluding carboxylic acids is 1. The Balaban J connectivity index is 1.24. The van der Waals surface area contributed by atoms with Crippen molar-refractivity contribution in [3.63, 3.8) is 0 Å². The lowest BCUT2D eigenvalue weighted by molar-refractivity contribution is -0.171. The Labute approximate surface area is 166 Å². The predicted molar refractivity (Wildman–Crippen MR) is 106 cm³/mol. The highest BCUT2D eigenvalue weighted by Crippen LogP contribution is 2.62. The van der Waals surface area contributed by atoms with E-state index in [1.54, 1.807) is 0 Å². The minimum atomic E-state index is -0.491. The zero-order valence-corrected chi connectivity index (χ0v) is 16.9. The van der Waals surface area contributed by atoms with E-state index in [2.05, 4.69) is 0 Å². The van der Waals surface area contributed by atoms with Crippen LogP contribution in [-0.4, -0.2) is 41.7 Å². The van der Waals surface area contributed by atoms with Gasteiger partial charge in [-0.25, -0.2) is 0 Å². The van der Waals surface area contributed by atoms with Gasteiger partial charge >= 0.3 is 0 Å². The summed E-state index contributed by atoms with van der Waals surface area (Å²) in [7, 11) is 1.89. The summed E-state index contributed by atoms with van der Waals surface area (Å²) in [6.45, 7) is 1.27. The standard InChI is InChI=1S/C22H30ClNO3/c1-24(7-2-8-27-19-5-3-18(23)4-6-19)20(25)14-21-10-16-9-17(11-21)13-22(26,12-16)15-21/h3-6,16-17,26H,2,7-15H2,1H3. The predicted octanol–water partition coefficient (Wildman–Crippen LogP) is 4.29. The van der Waals surface area contributed by atoms with Gasteiger partial charge in [-0.2, -0.15) is 0 Å². The minimum Gasteiger partial charge on any atom is -0.494 e. The second-order valence-electron chi connectivity index (χ2n) is 9.33. The maximum absolute atomic E-state index is 12.8. The van der Waals surface area contributed by atoms with Crippen LogP contribution in [0.25, 0.3) is 0 Å². The fourth-order valence-corrected chi connectivity index (χ4v) is 6.34. The van der Waals surface area contributed by atoms with E-state index in [4.69, 9.17) is 16.3 Å². The molecular weight excluding hydrogens is 362 g/mol. The van der Waals surface area contributed by atoms with Gasteiger partial charge in [0.25, 0.3) is 0 Å². The molecule has 0 saturated heterocycles. The highest BCUT2D eigenvalue weighted by Gasteiger charge is 2.57. The summed E-state index contributed by atoms with van der Waals surface area (Å²) in [6.07, 6.45) is 7.65. The van der Waals surface area contributed by atoms with Crippen LogP contribution >= 0.6 is 11.6 Å². The molecule has 148 valence electrons. The first-order valence-electron chi connectivity index (χ1n) is 10.2. The monoisotopic (exact) mass is 391 g/mol. The molecule has 5 heteroatoms. The molecule has 0 aliphatic heterocycles. The van der Waals surface area contributed by atoms with Gasteiger partial charge in [0.1, 0.15) is 5.75 Å². The van der Waals surface area contributed by atoms with Crippen molar-refractivity contribution in [3.8, 4) is 5.75 Å². The molecule has 2 atom stereocenters. The number of rotatable bonds is 7. The van der Waals surface area contributed by atoms with Gasteiger partial charge in [-0.3, -0.25) is 4.79 Å². The van der Waals surface area contributed by atoms with Gasteiger partial charge in [-0.1, -0.05) is 11.6 Å². The second kappa shape index (κ2) is 7.29. The van der Waals surface area contributed by atoms with Crippen LogP contribution in [0.15, 0.2) is 24.3 Å². The molecule has 4 fully saturated rings. The van der Waals surface area contributed by atoms with Crippen molar-refractivity contribution in [2.24, 2.45) is 17.3 Å². The Kier molecular flexibility index (Phi) is 5.15. The van der Waals surface area contributed by atoms with Gasteiger partial charge in [0, 0.05) is 25.0 Å². The molecule has 27 heavy (non-hydrogen) atoms. The Morgan fingerprint density at radius 1 is 1.22 bits per heavy atom. The molecule has 0 spiro atoms. The smallest absolute Gasteiger partial charge is 0.222 e. The van der Waals surface area contributed by atoms with E-state index in [9.17, 15) is 9.90 Å². The van der Waals surface area contributed by atoms with Gasteiger partial charge in [0.2, 0.25) is 5.91 Å². The zero-order valence-electron chi connectivity index (χ0n) is 16.1. The van der Waals surface area contributed by atoms with E-state index in [0.29, 0.717) is 36.4 Å². The van der Waals surface area contributed by atoms with E-state index in [1.807, 2.05) is 36.2 Å². The van der Waals surface area contributed by atoms with Gasteiger partial charge in [0.05, 0.1) is 12.2 Å². The van der Waals surface area contributed by atoms with Crippen molar-refractivity contribution in [1.29, 1.82) is 0 Å². The van der Waals surface area contributed by atoms with Crippen LogP contribution < -0.4 is 4.74 Å². The molecule has 4 aliphatic rings. The van der Waals surface area contributed by atoms with E-state index in [1.165, 1.54) is 6.42 Å². The number of aliphatic hydroxyl groups is 1. The van der Waals surface area contributed by atoms with Crippen LogP contribution in [0.4, 0.5) is 0 Å². The molecule has 4 bridgehead atoms. The van der Waals surface area contributed by atoms with E-state index >= 15 is 0 Å². The number of halogens is 1. The average Bonchev–Trinajstić information content (AvgIpc) is 2.57. The quantitative estimate of drug-likeness (QED) is 0.705. The molecule has 0 aromatic heterocycles. The van der Waals surface area contributed by atoms with Crippen molar-refractivity contribution in [1.82, 2.24) is 4.90 Å². The van der Waals surface area contributed by atoms with E-state index in [0.717, 1.165) is 44.3 Å². The third-order valence-corrected chi connectivity index (χ3v) is 7.08. The Bertz CT molecular complexity index is 675. The Morgan fingerprint density at radius 3 is 2.52 bits per heavy atom.